The Morgan fingerprint density at radius 3 is 2.76 bits per heavy atom. The molecule has 0 amide bonds. The van der Waals surface area contributed by atoms with E-state index in [1.807, 2.05) is 0 Å². The highest BCUT2D eigenvalue weighted by atomic mass is 35.5. The van der Waals surface area contributed by atoms with Gasteiger partial charge in [0, 0.05) is 13.6 Å². The SMILES string of the molecule is Cc1nc(Cl)c(C=O)c(N(C)CC(C)C#N)n1. The van der Waals surface area contributed by atoms with Crippen LogP contribution in [0.1, 0.15) is 23.1 Å². The molecule has 6 heteroatoms. The summed E-state index contributed by atoms with van der Waals surface area (Å²) in [7, 11) is 1.76. The highest BCUT2D eigenvalue weighted by Crippen LogP contribution is 2.22. The first kappa shape index (κ1) is 13.4. The van der Waals surface area contributed by atoms with Crippen LogP contribution in [-0.2, 0) is 0 Å². The van der Waals surface area contributed by atoms with Crippen LogP contribution in [0, 0.1) is 24.2 Å². The van der Waals surface area contributed by atoms with Gasteiger partial charge in [-0.2, -0.15) is 5.26 Å². The Hall–Kier alpha value is -1.67. The number of nitrogens with zero attached hydrogens (tertiary/aromatic N) is 4. The smallest absolute Gasteiger partial charge is 0.156 e. The lowest BCUT2D eigenvalue weighted by molar-refractivity contribution is 0.112. The van der Waals surface area contributed by atoms with Crippen molar-refractivity contribution in [3.63, 3.8) is 0 Å². The Kier molecular flexibility index (Phi) is 4.41. The van der Waals surface area contributed by atoms with Crippen LogP contribution >= 0.6 is 11.6 Å². The van der Waals surface area contributed by atoms with E-state index in [0.29, 0.717) is 24.5 Å². The van der Waals surface area contributed by atoms with E-state index in [9.17, 15) is 4.79 Å². The minimum atomic E-state index is -0.159. The molecule has 0 N–H and O–H groups in total. The first-order chi connectivity index (χ1) is 7.99. The summed E-state index contributed by atoms with van der Waals surface area (Å²) in [6.45, 7) is 3.97. The van der Waals surface area contributed by atoms with Gasteiger partial charge in [-0.1, -0.05) is 11.6 Å². The second-order valence-electron chi connectivity index (χ2n) is 3.83. The standard InChI is InChI=1S/C11H13ClN4O/c1-7(4-13)5-16(3)11-9(6-17)10(12)14-8(2)15-11/h6-7H,5H2,1-3H3. The van der Waals surface area contributed by atoms with Gasteiger partial charge in [-0.25, -0.2) is 9.97 Å². The molecule has 1 aromatic heterocycles. The molecule has 0 saturated heterocycles. The van der Waals surface area contributed by atoms with Crippen LogP contribution in [0.25, 0.3) is 0 Å². The molecule has 1 heterocycles. The maximum atomic E-state index is 11.0. The minimum Gasteiger partial charge on any atom is -0.358 e. The van der Waals surface area contributed by atoms with E-state index in [4.69, 9.17) is 16.9 Å². The lowest BCUT2D eigenvalue weighted by atomic mass is 10.2. The molecule has 0 aromatic carbocycles. The zero-order valence-corrected chi connectivity index (χ0v) is 10.7. The third-order valence-electron chi connectivity index (χ3n) is 2.24. The van der Waals surface area contributed by atoms with Crippen molar-refractivity contribution in [1.29, 1.82) is 5.26 Å². The van der Waals surface area contributed by atoms with Crippen molar-refractivity contribution in [2.75, 3.05) is 18.5 Å². The molecular weight excluding hydrogens is 240 g/mol. The highest BCUT2D eigenvalue weighted by Gasteiger charge is 2.16. The molecule has 0 spiro atoms. The predicted molar refractivity (Wildman–Crippen MR) is 65.2 cm³/mol. The number of hydrogen-bond donors (Lipinski definition) is 0. The molecule has 5 nitrogen and oxygen atoms in total. The van der Waals surface area contributed by atoms with Crippen LogP contribution in [0.4, 0.5) is 5.82 Å². The van der Waals surface area contributed by atoms with Gasteiger partial charge in [0.2, 0.25) is 0 Å². The van der Waals surface area contributed by atoms with Gasteiger partial charge in [0.05, 0.1) is 17.6 Å². The summed E-state index contributed by atoms with van der Waals surface area (Å²) in [5.74, 6) is 0.792. The van der Waals surface area contributed by atoms with Crippen LogP contribution in [0.15, 0.2) is 0 Å². The second-order valence-corrected chi connectivity index (χ2v) is 4.19. The number of anilines is 1. The molecule has 0 aliphatic rings. The molecule has 1 aromatic rings. The summed E-state index contributed by atoms with van der Waals surface area (Å²) >= 11 is 5.88. The molecule has 17 heavy (non-hydrogen) atoms. The molecule has 0 aliphatic carbocycles. The maximum absolute atomic E-state index is 11.0. The molecule has 0 bridgehead atoms. The first-order valence-electron chi connectivity index (χ1n) is 5.09. The van der Waals surface area contributed by atoms with E-state index in [1.165, 1.54) is 0 Å². The van der Waals surface area contributed by atoms with E-state index in [0.717, 1.165) is 0 Å². The Balaban J connectivity index is 3.12. The van der Waals surface area contributed by atoms with Crippen molar-refractivity contribution in [1.82, 2.24) is 9.97 Å². The lowest BCUT2D eigenvalue weighted by Crippen LogP contribution is -2.26. The highest BCUT2D eigenvalue weighted by molar-refractivity contribution is 6.32. The minimum absolute atomic E-state index is 0.138. The summed E-state index contributed by atoms with van der Waals surface area (Å²) in [6, 6.07) is 2.13. The number of carbonyl (C=O) groups is 1. The molecule has 1 rings (SSSR count). The van der Waals surface area contributed by atoms with E-state index in [-0.39, 0.29) is 16.6 Å². The van der Waals surface area contributed by atoms with Crippen LogP contribution < -0.4 is 4.90 Å². The molecular formula is C11H13ClN4O. The number of carbonyl (C=O) groups excluding carboxylic acids is 1. The Morgan fingerprint density at radius 1 is 1.59 bits per heavy atom. The Bertz CT molecular complexity index is 469. The number of aromatic nitrogens is 2. The monoisotopic (exact) mass is 252 g/mol. The predicted octanol–water partition coefficient (Wildman–Crippen LogP) is 1.85. The fraction of sp³-hybridized carbons (Fsp3) is 0.455. The second kappa shape index (κ2) is 5.60. The number of hydrogen-bond acceptors (Lipinski definition) is 5. The molecule has 1 atom stereocenters. The summed E-state index contributed by atoms with van der Waals surface area (Å²) in [4.78, 5) is 20.8. The van der Waals surface area contributed by atoms with Crippen molar-refractivity contribution in [3.8, 4) is 6.07 Å². The zero-order chi connectivity index (χ0) is 13.0. The first-order valence-corrected chi connectivity index (χ1v) is 5.47. The van der Waals surface area contributed by atoms with E-state index < -0.39 is 0 Å². The summed E-state index contributed by atoms with van der Waals surface area (Å²) < 4.78 is 0. The number of aldehydes is 1. The van der Waals surface area contributed by atoms with Crippen molar-refractivity contribution in [3.05, 3.63) is 16.5 Å². The van der Waals surface area contributed by atoms with Crippen molar-refractivity contribution in [2.45, 2.75) is 13.8 Å². The molecule has 0 saturated carbocycles. The average Bonchev–Trinajstić information content (AvgIpc) is 2.27. The third-order valence-corrected chi connectivity index (χ3v) is 2.53. The van der Waals surface area contributed by atoms with Crippen molar-refractivity contribution in [2.24, 2.45) is 5.92 Å². The van der Waals surface area contributed by atoms with Gasteiger partial charge < -0.3 is 4.90 Å². The largest absolute Gasteiger partial charge is 0.358 e. The van der Waals surface area contributed by atoms with Gasteiger partial charge in [0.1, 0.15) is 16.8 Å². The van der Waals surface area contributed by atoms with E-state index >= 15 is 0 Å². The molecule has 90 valence electrons. The van der Waals surface area contributed by atoms with Gasteiger partial charge in [-0.15, -0.1) is 0 Å². The number of nitriles is 1. The van der Waals surface area contributed by atoms with E-state index in [1.54, 1.807) is 25.8 Å². The van der Waals surface area contributed by atoms with Gasteiger partial charge >= 0.3 is 0 Å². The summed E-state index contributed by atoms with van der Waals surface area (Å²) in [6.07, 6.45) is 0.630. The number of rotatable bonds is 4. The Morgan fingerprint density at radius 2 is 2.24 bits per heavy atom. The molecule has 0 fully saturated rings. The normalized spacial score (nSPS) is 11.7. The average molecular weight is 253 g/mol. The third kappa shape index (κ3) is 3.14. The van der Waals surface area contributed by atoms with Gasteiger partial charge in [0.25, 0.3) is 0 Å². The maximum Gasteiger partial charge on any atom is 0.156 e. The van der Waals surface area contributed by atoms with E-state index in [2.05, 4.69) is 16.0 Å². The fourth-order valence-electron chi connectivity index (χ4n) is 1.46. The fourth-order valence-corrected chi connectivity index (χ4v) is 1.71. The van der Waals surface area contributed by atoms with Crippen LogP contribution in [0.5, 0.6) is 0 Å². The van der Waals surface area contributed by atoms with Crippen molar-refractivity contribution >= 4 is 23.7 Å². The van der Waals surface area contributed by atoms with Crippen LogP contribution in [0.2, 0.25) is 5.15 Å². The zero-order valence-electron chi connectivity index (χ0n) is 9.94. The molecule has 0 radical (unpaired) electrons. The van der Waals surface area contributed by atoms with Gasteiger partial charge in [-0.3, -0.25) is 4.79 Å². The van der Waals surface area contributed by atoms with Gasteiger partial charge in [-0.05, 0) is 13.8 Å². The number of halogens is 1. The molecule has 0 aliphatic heterocycles. The summed E-state index contributed by atoms with van der Waals surface area (Å²) in [5.41, 5.74) is 0.255. The van der Waals surface area contributed by atoms with Gasteiger partial charge in [0.15, 0.2) is 6.29 Å². The topological polar surface area (TPSA) is 69.9 Å². The van der Waals surface area contributed by atoms with Crippen molar-refractivity contribution < 1.29 is 4.79 Å². The number of aryl methyl sites for hydroxylation is 1. The van der Waals surface area contributed by atoms with Crippen LogP contribution in [-0.4, -0.2) is 29.8 Å². The lowest BCUT2D eigenvalue weighted by Gasteiger charge is -2.21. The quantitative estimate of drug-likeness (QED) is 0.604. The van der Waals surface area contributed by atoms with Crippen LogP contribution in [0.3, 0.4) is 0 Å². The Labute approximate surface area is 105 Å². The molecule has 1 unspecified atom stereocenters. The summed E-state index contributed by atoms with van der Waals surface area (Å²) in [5, 5.41) is 8.90.